The van der Waals surface area contributed by atoms with E-state index in [2.05, 4.69) is 62.1 Å². The standard InChI is InChI=1S/C18H14Cl2N2SSe/c1-12-11-23-18(22(12)10-13-5-3-2-4-6-13)17(24)21-14-7-8-15(19)16(20)9-14/h2-9,11H,10H2,1H3. The second-order valence-electron chi connectivity index (χ2n) is 5.27. The topological polar surface area (TPSA) is 16.2 Å². The van der Waals surface area contributed by atoms with Gasteiger partial charge in [-0.3, -0.25) is 0 Å². The molecule has 6 heteroatoms. The number of halogens is 2. The first-order valence-electron chi connectivity index (χ1n) is 7.27. The predicted molar refractivity (Wildman–Crippen MR) is 103 cm³/mol. The van der Waals surface area contributed by atoms with Gasteiger partial charge >= 0.3 is 164 Å². The van der Waals surface area contributed by atoms with Crippen molar-refractivity contribution in [1.82, 2.24) is 0 Å². The van der Waals surface area contributed by atoms with Gasteiger partial charge in [0, 0.05) is 0 Å². The summed E-state index contributed by atoms with van der Waals surface area (Å²) in [7, 11) is 0. The van der Waals surface area contributed by atoms with Crippen molar-refractivity contribution in [3.63, 3.8) is 0 Å². The van der Waals surface area contributed by atoms with Gasteiger partial charge in [-0.25, -0.2) is 0 Å². The minimum atomic E-state index is 0.505. The van der Waals surface area contributed by atoms with Crippen molar-refractivity contribution in [1.29, 1.82) is 0 Å². The number of aryl methyl sites for hydroxylation is 1. The van der Waals surface area contributed by atoms with Gasteiger partial charge in [0.15, 0.2) is 0 Å². The molecule has 2 aromatic carbocycles. The zero-order valence-corrected chi connectivity index (χ0v) is 16.9. The quantitative estimate of drug-likeness (QED) is 0.310. The number of benzene rings is 2. The third-order valence-corrected chi connectivity index (χ3v) is 6.24. The minimum absolute atomic E-state index is 0.505. The van der Waals surface area contributed by atoms with Gasteiger partial charge in [0.05, 0.1) is 0 Å². The average molecular weight is 440 g/mol. The third kappa shape index (κ3) is 4.08. The van der Waals surface area contributed by atoms with Gasteiger partial charge in [-0.05, 0) is 0 Å². The van der Waals surface area contributed by atoms with E-state index in [1.165, 1.54) is 11.3 Å². The molecule has 0 aliphatic carbocycles. The number of thiazole rings is 1. The van der Waals surface area contributed by atoms with Gasteiger partial charge in [0.2, 0.25) is 0 Å². The van der Waals surface area contributed by atoms with Gasteiger partial charge in [-0.2, -0.15) is 0 Å². The van der Waals surface area contributed by atoms with Crippen LogP contribution in [0.4, 0.5) is 5.69 Å². The third-order valence-electron chi connectivity index (χ3n) is 3.51. The van der Waals surface area contributed by atoms with E-state index in [0.29, 0.717) is 10.0 Å². The van der Waals surface area contributed by atoms with Crippen molar-refractivity contribution < 1.29 is 4.57 Å². The van der Waals surface area contributed by atoms with Crippen LogP contribution in [0.3, 0.4) is 0 Å². The first kappa shape index (κ1) is 17.7. The van der Waals surface area contributed by atoms with Crippen molar-refractivity contribution in [2.75, 3.05) is 0 Å². The van der Waals surface area contributed by atoms with E-state index in [1.807, 2.05) is 12.1 Å². The SMILES string of the molecule is Cc1csc(C([Se-])=Nc2ccc(Cl)c(Cl)c2)[n+]1Cc1ccccc1. The molecule has 0 bridgehead atoms. The molecule has 2 nitrogen and oxygen atoms in total. The van der Waals surface area contributed by atoms with Gasteiger partial charge in [0.25, 0.3) is 0 Å². The molecule has 1 aromatic heterocycles. The summed E-state index contributed by atoms with van der Waals surface area (Å²) in [6.07, 6.45) is 0. The monoisotopic (exact) mass is 440 g/mol. The van der Waals surface area contributed by atoms with Crippen LogP contribution in [0.15, 0.2) is 58.9 Å². The molecule has 0 N–H and O–H groups in total. The Morgan fingerprint density at radius 3 is 2.58 bits per heavy atom. The Bertz CT molecular complexity index is 891. The van der Waals surface area contributed by atoms with Crippen LogP contribution in [0.2, 0.25) is 10.0 Å². The molecule has 0 radical (unpaired) electrons. The number of hydrogen-bond acceptors (Lipinski definition) is 2. The molecular weight excluding hydrogens is 426 g/mol. The molecule has 0 amide bonds. The van der Waals surface area contributed by atoms with E-state index in [1.54, 1.807) is 23.5 Å². The number of rotatable bonds is 4. The summed E-state index contributed by atoms with van der Waals surface area (Å²) in [5.74, 6) is 0. The van der Waals surface area contributed by atoms with Crippen molar-refractivity contribution in [2.24, 2.45) is 4.99 Å². The normalized spacial score (nSPS) is 11.7. The van der Waals surface area contributed by atoms with Gasteiger partial charge in [-0.1, -0.05) is 0 Å². The summed E-state index contributed by atoms with van der Waals surface area (Å²) in [5.41, 5.74) is 3.24. The molecule has 0 spiro atoms. The molecule has 0 aliphatic rings. The van der Waals surface area contributed by atoms with E-state index in [-0.39, 0.29) is 0 Å². The fourth-order valence-electron chi connectivity index (χ4n) is 2.28. The molecule has 0 aliphatic heterocycles. The predicted octanol–water partition coefficient (Wildman–Crippen LogP) is 4.95. The Morgan fingerprint density at radius 1 is 1.12 bits per heavy atom. The van der Waals surface area contributed by atoms with E-state index in [9.17, 15) is 0 Å². The maximum absolute atomic E-state index is 6.07. The Labute approximate surface area is 163 Å². The number of aliphatic imine (C=N–C) groups is 1. The van der Waals surface area contributed by atoms with Crippen LogP contribution in [0, 0.1) is 6.92 Å². The summed E-state index contributed by atoms with van der Waals surface area (Å²) in [6, 6.07) is 15.8. The molecule has 0 saturated carbocycles. The van der Waals surface area contributed by atoms with Crippen LogP contribution in [-0.2, 0) is 6.54 Å². The van der Waals surface area contributed by atoms with E-state index in [0.717, 1.165) is 21.8 Å². The zero-order valence-electron chi connectivity index (χ0n) is 12.9. The summed E-state index contributed by atoms with van der Waals surface area (Å²) < 4.78 is 3.09. The number of nitrogens with zero attached hydrogens (tertiary/aromatic N) is 2. The van der Waals surface area contributed by atoms with Gasteiger partial charge in [0.1, 0.15) is 0 Å². The maximum atomic E-state index is 6.07. The molecule has 122 valence electrons. The molecule has 24 heavy (non-hydrogen) atoms. The van der Waals surface area contributed by atoms with Crippen LogP contribution in [0.1, 0.15) is 16.3 Å². The van der Waals surface area contributed by atoms with Crippen molar-refractivity contribution in [3.8, 4) is 0 Å². The Hall–Kier alpha value is -1.16. The molecular formula is C18H14Cl2N2SSe. The van der Waals surface area contributed by atoms with E-state index >= 15 is 0 Å². The van der Waals surface area contributed by atoms with E-state index < -0.39 is 0 Å². The molecule has 3 aromatic rings. The van der Waals surface area contributed by atoms with Crippen LogP contribution in [-0.4, -0.2) is 20.6 Å². The molecule has 0 unspecified atom stereocenters. The second-order valence-corrected chi connectivity index (χ2v) is 7.75. The van der Waals surface area contributed by atoms with Crippen molar-refractivity contribution in [2.45, 2.75) is 13.5 Å². The van der Waals surface area contributed by atoms with Gasteiger partial charge in [-0.15, -0.1) is 0 Å². The van der Waals surface area contributed by atoms with Crippen LogP contribution < -0.4 is 4.57 Å². The molecule has 3 rings (SSSR count). The fourth-order valence-corrected chi connectivity index (χ4v) is 4.22. The number of aromatic nitrogens is 1. The Morgan fingerprint density at radius 2 is 1.88 bits per heavy atom. The fraction of sp³-hybridized carbons (Fsp3) is 0.111. The Kier molecular flexibility index (Phi) is 5.75. The molecule has 0 fully saturated rings. The molecule has 1 heterocycles. The Balaban J connectivity index is 1.94. The van der Waals surface area contributed by atoms with Crippen LogP contribution >= 0.6 is 34.5 Å². The van der Waals surface area contributed by atoms with E-state index in [4.69, 9.17) is 23.2 Å². The van der Waals surface area contributed by atoms with Crippen molar-refractivity contribution >= 4 is 60.8 Å². The van der Waals surface area contributed by atoms with Crippen LogP contribution in [0.5, 0.6) is 0 Å². The number of hydrogen-bond donors (Lipinski definition) is 0. The summed E-state index contributed by atoms with van der Waals surface area (Å²) in [5, 5.41) is 4.26. The molecule has 0 saturated heterocycles. The van der Waals surface area contributed by atoms with Crippen LogP contribution in [0.25, 0.3) is 0 Å². The molecule has 0 atom stereocenters. The first-order chi connectivity index (χ1) is 11.5. The second kappa shape index (κ2) is 7.81. The van der Waals surface area contributed by atoms with Gasteiger partial charge < -0.3 is 0 Å². The van der Waals surface area contributed by atoms with Crippen molar-refractivity contribution in [3.05, 3.63) is 80.2 Å². The first-order valence-corrected chi connectivity index (χ1v) is 9.77. The zero-order chi connectivity index (χ0) is 17.1. The summed E-state index contributed by atoms with van der Waals surface area (Å²) >= 11 is 16.8. The summed E-state index contributed by atoms with van der Waals surface area (Å²) in [6.45, 7) is 2.92. The summed E-state index contributed by atoms with van der Waals surface area (Å²) in [4.78, 5) is 4.65. The average Bonchev–Trinajstić information content (AvgIpc) is 2.93.